The van der Waals surface area contributed by atoms with Crippen molar-refractivity contribution in [3.63, 3.8) is 0 Å². The number of ether oxygens (including phenoxy) is 1. The molecule has 0 aliphatic carbocycles. The Labute approximate surface area is 114 Å². The second-order valence-corrected chi connectivity index (χ2v) is 4.70. The minimum Gasteiger partial charge on any atom is -0.487 e. The Morgan fingerprint density at radius 3 is 2.56 bits per heavy atom. The summed E-state index contributed by atoms with van der Waals surface area (Å²) < 4.78 is 6.64. The van der Waals surface area contributed by atoms with Crippen LogP contribution >= 0.6 is 15.9 Å². The van der Waals surface area contributed by atoms with Gasteiger partial charge in [0.25, 0.3) is 0 Å². The number of nitrogen functional groups attached to an aromatic ring is 1. The predicted molar refractivity (Wildman–Crippen MR) is 74.0 cm³/mol. The van der Waals surface area contributed by atoms with Crippen molar-refractivity contribution in [2.45, 2.75) is 6.61 Å². The number of nitrogens with two attached hydrogens (primary N) is 1. The summed E-state index contributed by atoms with van der Waals surface area (Å²) in [5.41, 5.74) is 7.90. The first-order chi connectivity index (χ1) is 8.69. The molecular formula is C14H11BrN2O. The van der Waals surface area contributed by atoms with E-state index >= 15 is 0 Å². The zero-order valence-electron chi connectivity index (χ0n) is 9.56. The molecule has 2 aromatic rings. The van der Waals surface area contributed by atoms with E-state index in [1.807, 2.05) is 24.3 Å². The quantitative estimate of drug-likeness (QED) is 0.883. The van der Waals surface area contributed by atoms with Gasteiger partial charge in [-0.3, -0.25) is 0 Å². The number of rotatable bonds is 3. The van der Waals surface area contributed by atoms with Crippen LogP contribution in [-0.2, 0) is 6.61 Å². The molecule has 2 rings (SSSR count). The first-order valence-corrected chi connectivity index (χ1v) is 6.15. The van der Waals surface area contributed by atoms with Crippen molar-refractivity contribution in [3.8, 4) is 11.8 Å². The van der Waals surface area contributed by atoms with E-state index in [0.717, 1.165) is 10.0 Å². The molecule has 0 radical (unpaired) electrons. The van der Waals surface area contributed by atoms with E-state index in [0.29, 0.717) is 23.6 Å². The van der Waals surface area contributed by atoms with Crippen LogP contribution in [0.5, 0.6) is 5.75 Å². The number of benzene rings is 2. The summed E-state index contributed by atoms with van der Waals surface area (Å²) in [5.74, 6) is 0.539. The first kappa shape index (κ1) is 12.5. The van der Waals surface area contributed by atoms with Gasteiger partial charge in [0.1, 0.15) is 12.4 Å². The van der Waals surface area contributed by atoms with E-state index in [1.165, 1.54) is 0 Å². The fourth-order valence-corrected chi connectivity index (χ4v) is 1.73. The third-order valence-electron chi connectivity index (χ3n) is 2.45. The van der Waals surface area contributed by atoms with Gasteiger partial charge in [0.15, 0.2) is 0 Å². The van der Waals surface area contributed by atoms with Crippen LogP contribution < -0.4 is 10.5 Å². The maximum Gasteiger partial charge on any atom is 0.144 e. The summed E-state index contributed by atoms with van der Waals surface area (Å²) >= 11 is 3.38. The van der Waals surface area contributed by atoms with Crippen molar-refractivity contribution in [2.24, 2.45) is 0 Å². The van der Waals surface area contributed by atoms with Gasteiger partial charge in [0, 0.05) is 10.5 Å². The maximum atomic E-state index is 8.82. The molecule has 18 heavy (non-hydrogen) atoms. The van der Waals surface area contributed by atoms with Crippen molar-refractivity contribution < 1.29 is 4.74 Å². The Morgan fingerprint density at radius 2 is 1.89 bits per heavy atom. The second-order valence-electron chi connectivity index (χ2n) is 3.78. The monoisotopic (exact) mass is 302 g/mol. The van der Waals surface area contributed by atoms with Crippen LogP contribution in [0.15, 0.2) is 46.9 Å². The molecule has 0 heterocycles. The Hall–Kier alpha value is -1.99. The Bertz CT molecular complexity index is 588. The number of hydrogen-bond donors (Lipinski definition) is 1. The smallest absolute Gasteiger partial charge is 0.144 e. The van der Waals surface area contributed by atoms with Gasteiger partial charge < -0.3 is 10.5 Å². The van der Waals surface area contributed by atoms with E-state index in [4.69, 9.17) is 15.7 Å². The second kappa shape index (κ2) is 5.56. The van der Waals surface area contributed by atoms with Gasteiger partial charge in [-0.2, -0.15) is 5.26 Å². The lowest BCUT2D eigenvalue weighted by molar-refractivity contribution is 0.308. The summed E-state index contributed by atoms with van der Waals surface area (Å²) in [7, 11) is 0. The van der Waals surface area contributed by atoms with E-state index in [9.17, 15) is 0 Å². The summed E-state index contributed by atoms with van der Waals surface area (Å²) in [4.78, 5) is 0. The van der Waals surface area contributed by atoms with Crippen molar-refractivity contribution in [2.75, 3.05) is 5.73 Å². The topological polar surface area (TPSA) is 59.0 Å². The highest BCUT2D eigenvalue weighted by molar-refractivity contribution is 9.10. The summed E-state index contributed by atoms with van der Waals surface area (Å²) in [6.45, 7) is 0.423. The molecule has 0 unspecified atom stereocenters. The normalized spacial score (nSPS) is 9.78. The zero-order valence-corrected chi connectivity index (χ0v) is 11.1. The Morgan fingerprint density at radius 1 is 1.17 bits per heavy atom. The van der Waals surface area contributed by atoms with Crippen LogP contribution in [-0.4, -0.2) is 0 Å². The third-order valence-corrected chi connectivity index (χ3v) is 2.98. The average Bonchev–Trinajstić information content (AvgIpc) is 2.40. The lowest BCUT2D eigenvalue weighted by atomic mass is 10.2. The van der Waals surface area contributed by atoms with Crippen LogP contribution in [0.25, 0.3) is 0 Å². The molecule has 0 saturated heterocycles. The van der Waals surface area contributed by atoms with Crippen molar-refractivity contribution in [3.05, 3.63) is 58.1 Å². The number of nitriles is 1. The molecule has 0 bridgehead atoms. The molecule has 0 aliphatic rings. The molecule has 90 valence electrons. The first-order valence-electron chi connectivity index (χ1n) is 5.36. The molecule has 0 atom stereocenters. The van der Waals surface area contributed by atoms with Crippen LogP contribution in [0, 0.1) is 11.3 Å². The van der Waals surface area contributed by atoms with Gasteiger partial charge in [-0.15, -0.1) is 0 Å². The molecule has 3 nitrogen and oxygen atoms in total. The molecule has 0 fully saturated rings. The molecule has 0 spiro atoms. The van der Waals surface area contributed by atoms with Gasteiger partial charge in [0.2, 0.25) is 0 Å². The molecule has 0 amide bonds. The summed E-state index contributed by atoms with van der Waals surface area (Å²) in [6.07, 6.45) is 0. The molecule has 2 N–H and O–H groups in total. The van der Waals surface area contributed by atoms with E-state index in [1.54, 1.807) is 18.2 Å². The zero-order chi connectivity index (χ0) is 13.0. The number of hydrogen-bond acceptors (Lipinski definition) is 3. The molecule has 0 aromatic heterocycles. The van der Waals surface area contributed by atoms with Gasteiger partial charge >= 0.3 is 0 Å². The largest absolute Gasteiger partial charge is 0.487 e. The van der Waals surface area contributed by atoms with Crippen molar-refractivity contribution >= 4 is 21.6 Å². The molecule has 4 heteroatoms. The summed E-state index contributed by atoms with van der Waals surface area (Å²) in [5, 5.41) is 8.82. The highest BCUT2D eigenvalue weighted by Gasteiger charge is 2.02. The summed E-state index contributed by atoms with van der Waals surface area (Å²) in [6, 6.07) is 14.9. The Kier molecular flexibility index (Phi) is 3.85. The average molecular weight is 303 g/mol. The van der Waals surface area contributed by atoms with Crippen LogP contribution in [0.4, 0.5) is 5.69 Å². The number of halogens is 1. The predicted octanol–water partition coefficient (Wildman–Crippen LogP) is 3.48. The lowest BCUT2D eigenvalue weighted by Gasteiger charge is -2.09. The van der Waals surface area contributed by atoms with Crippen LogP contribution in [0.2, 0.25) is 0 Å². The minimum absolute atomic E-state index is 0.423. The van der Waals surface area contributed by atoms with Gasteiger partial charge in [-0.1, -0.05) is 28.1 Å². The van der Waals surface area contributed by atoms with Crippen molar-refractivity contribution in [1.82, 2.24) is 0 Å². The van der Waals surface area contributed by atoms with E-state index in [-0.39, 0.29) is 0 Å². The fraction of sp³-hybridized carbons (Fsp3) is 0.0714. The minimum atomic E-state index is 0.423. The molecule has 2 aromatic carbocycles. The highest BCUT2D eigenvalue weighted by atomic mass is 79.9. The molecule has 0 aliphatic heterocycles. The fourth-order valence-electron chi connectivity index (χ4n) is 1.47. The number of nitrogens with zero attached hydrogens (tertiary/aromatic N) is 1. The van der Waals surface area contributed by atoms with Crippen molar-refractivity contribution in [1.29, 1.82) is 5.26 Å². The standard InChI is InChI=1S/C14H11BrN2O/c15-12-4-1-10(2-5-12)9-18-14-7-11(8-16)3-6-13(14)17/h1-7H,9,17H2. The number of anilines is 1. The lowest BCUT2D eigenvalue weighted by Crippen LogP contribution is -1.99. The third kappa shape index (κ3) is 3.02. The van der Waals surface area contributed by atoms with Crippen LogP contribution in [0.3, 0.4) is 0 Å². The maximum absolute atomic E-state index is 8.82. The van der Waals surface area contributed by atoms with E-state index < -0.39 is 0 Å². The van der Waals surface area contributed by atoms with Crippen LogP contribution in [0.1, 0.15) is 11.1 Å². The van der Waals surface area contributed by atoms with E-state index in [2.05, 4.69) is 22.0 Å². The SMILES string of the molecule is N#Cc1ccc(N)c(OCc2ccc(Br)cc2)c1. The highest BCUT2D eigenvalue weighted by Crippen LogP contribution is 2.23. The van der Waals surface area contributed by atoms with Gasteiger partial charge in [-0.25, -0.2) is 0 Å². The molecular weight excluding hydrogens is 292 g/mol. The Balaban J connectivity index is 2.10. The van der Waals surface area contributed by atoms with Gasteiger partial charge in [0.05, 0.1) is 17.3 Å². The van der Waals surface area contributed by atoms with Gasteiger partial charge in [-0.05, 0) is 29.8 Å². The molecule has 0 saturated carbocycles.